The summed E-state index contributed by atoms with van der Waals surface area (Å²) in [5, 5.41) is 0. The molecule has 0 aliphatic heterocycles. The fourth-order valence-electron chi connectivity index (χ4n) is 1.05. The lowest BCUT2D eigenvalue weighted by Crippen LogP contribution is -2.22. The maximum atomic E-state index is 10.6. The maximum absolute atomic E-state index is 10.6. The number of amides is 1. The molecule has 0 aliphatic carbocycles. The van der Waals surface area contributed by atoms with Gasteiger partial charge in [-0.15, -0.1) is 6.58 Å². The van der Waals surface area contributed by atoms with Crippen molar-refractivity contribution in [2.24, 2.45) is 11.1 Å². The number of primary amides is 1. The van der Waals surface area contributed by atoms with Gasteiger partial charge < -0.3 is 5.73 Å². The second kappa shape index (κ2) is 4.16. The third-order valence-corrected chi connectivity index (χ3v) is 1.68. The summed E-state index contributed by atoms with van der Waals surface area (Å²) < 4.78 is 0. The van der Waals surface area contributed by atoms with E-state index < -0.39 is 0 Å². The molecule has 0 aromatic heterocycles. The molecule has 0 heterocycles. The van der Waals surface area contributed by atoms with Crippen molar-refractivity contribution in [1.82, 2.24) is 0 Å². The van der Waals surface area contributed by atoms with Gasteiger partial charge in [0.05, 0.1) is 0 Å². The summed E-state index contributed by atoms with van der Waals surface area (Å²) >= 11 is 0. The van der Waals surface area contributed by atoms with Gasteiger partial charge in [0.2, 0.25) is 5.91 Å². The highest BCUT2D eigenvalue weighted by Crippen LogP contribution is 2.26. The molecule has 11 heavy (non-hydrogen) atoms. The molecule has 1 amide bonds. The number of allylic oxidation sites excluding steroid dienone is 1. The van der Waals surface area contributed by atoms with Crippen LogP contribution in [0.4, 0.5) is 0 Å². The van der Waals surface area contributed by atoms with Crippen molar-refractivity contribution < 1.29 is 4.79 Å². The van der Waals surface area contributed by atoms with Gasteiger partial charge in [-0.3, -0.25) is 4.79 Å². The Morgan fingerprint density at radius 2 is 2.18 bits per heavy atom. The van der Waals surface area contributed by atoms with Gasteiger partial charge in [0.25, 0.3) is 0 Å². The summed E-state index contributed by atoms with van der Waals surface area (Å²) in [7, 11) is 0. The number of carbonyl (C=O) groups excluding carboxylic acids is 1. The van der Waals surface area contributed by atoms with Crippen LogP contribution in [0.25, 0.3) is 0 Å². The Morgan fingerprint density at radius 3 is 2.55 bits per heavy atom. The number of nitrogens with two attached hydrogens (primary N) is 1. The first-order valence-corrected chi connectivity index (χ1v) is 3.87. The lowest BCUT2D eigenvalue weighted by atomic mass is 9.84. The van der Waals surface area contributed by atoms with Gasteiger partial charge in [0.1, 0.15) is 0 Å². The molecule has 0 spiro atoms. The zero-order valence-electron chi connectivity index (χ0n) is 7.39. The molecular weight excluding hydrogens is 138 g/mol. The molecule has 0 unspecified atom stereocenters. The van der Waals surface area contributed by atoms with E-state index in [1.165, 1.54) is 0 Å². The Labute approximate surface area is 68.5 Å². The van der Waals surface area contributed by atoms with E-state index in [1.54, 1.807) is 0 Å². The lowest BCUT2D eigenvalue weighted by molar-refractivity contribution is -0.119. The Morgan fingerprint density at radius 1 is 1.64 bits per heavy atom. The molecule has 0 fully saturated rings. The van der Waals surface area contributed by atoms with Crippen LogP contribution in [0.2, 0.25) is 0 Å². The fraction of sp³-hybridized carbons (Fsp3) is 0.667. The van der Waals surface area contributed by atoms with Crippen LogP contribution in [-0.4, -0.2) is 5.91 Å². The zero-order valence-corrected chi connectivity index (χ0v) is 7.39. The van der Waals surface area contributed by atoms with Crippen molar-refractivity contribution in [3.63, 3.8) is 0 Å². The zero-order chi connectivity index (χ0) is 8.91. The average Bonchev–Trinajstić information content (AvgIpc) is 1.81. The first-order chi connectivity index (χ1) is 4.98. The second-order valence-corrected chi connectivity index (χ2v) is 3.63. The molecular formula is C9H17NO. The summed E-state index contributed by atoms with van der Waals surface area (Å²) in [6.07, 6.45) is 4.24. The summed E-state index contributed by atoms with van der Waals surface area (Å²) in [5.41, 5.74) is 5.11. The van der Waals surface area contributed by atoms with Crippen molar-refractivity contribution in [3.05, 3.63) is 12.7 Å². The van der Waals surface area contributed by atoms with Crippen LogP contribution in [0, 0.1) is 5.41 Å². The minimum absolute atomic E-state index is 0.0278. The van der Waals surface area contributed by atoms with Gasteiger partial charge in [0, 0.05) is 6.42 Å². The predicted molar refractivity (Wildman–Crippen MR) is 47.0 cm³/mol. The lowest BCUT2D eigenvalue weighted by Gasteiger charge is -2.21. The quantitative estimate of drug-likeness (QED) is 0.605. The highest BCUT2D eigenvalue weighted by Gasteiger charge is 2.18. The topological polar surface area (TPSA) is 43.1 Å². The van der Waals surface area contributed by atoms with E-state index >= 15 is 0 Å². The summed E-state index contributed by atoms with van der Waals surface area (Å²) in [5.74, 6) is -0.223. The van der Waals surface area contributed by atoms with Gasteiger partial charge in [-0.2, -0.15) is 0 Å². The molecule has 0 atom stereocenters. The monoisotopic (exact) mass is 155 g/mol. The van der Waals surface area contributed by atoms with Crippen LogP contribution >= 0.6 is 0 Å². The maximum Gasteiger partial charge on any atom is 0.217 e. The van der Waals surface area contributed by atoms with Crippen molar-refractivity contribution >= 4 is 5.91 Å². The third kappa shape index (κ3) is 5.64. The van der Waals surface area contributed by atoms with E-state index in [2.05, 4.69) is 6.58 Å². The van der Waals surface area contributed by atoms with Crippen molar-refractivity contribution in [2.75, 3.05) is 0 Å². The summed E-state index contributed by atoms with van der Waals surface area (Å²) in [6, 6.07) is 0. The van der Waals surface area contributed by atoms with Crippen LogP contribution < -0.4 is 5.73 Å². The van der Waals surface area contributed by atoms with Crippen LogP contribution in [0.5, 0.6) is 0 Å². The highest BCUT2D eigenvalue weighted by atomic mass is 16.1. The molecule has 2 heteroatoms. The third-order valence-electron chi connectivity index (χ3n) is 1.68. The standard InChI is InChI=1S/C9H17NO/c1-4-5-6-9(2,3)7-8(10)11/h4H,1,5-7H2,2-3H3,(H2,10,11). The molecule has 0 aliphatic rings. The minimum Gasteiger partial charge on any atom is -0.370 e. The Balaban J connectivity index is 3.78. The molecule has 0 radical (unpaired) electrons. The average molecular weight is 155 g/mol. The van der Waals surface area contributed by atoms with Gasteiger partial charge >= 0.3 is 0 Å². The summed E-state index contributed by atoms with van der Waals surface area (Å²) in [6.45, 7) is 7.71. The van der Waals surface area contributed by atoms with E-state index in [-0.39, 0.29) is 11.3 Å². The molecule has 0 saturated heterocycles. The number of carbonyl (C=O) groups is 1. The van der Waals surface area contributed by atoms with Gasteiger partial charge in [-0.1, -0.05) is 19.9 Å². The Hall–Kier alpha value is -0.790. The largest absolute Gasteiger partial charge is 0.370 e. The van der Waals surface area contributed by atoms with Crippen LogP contribution in [0.15, 0.2) is 12.7 Å². The number of hydrogen-bond donors (Lipinski definition) is 1. The first kappa shape index (κ1) is 10.2. The highest BCUT2D eigenvalue weighted by molar-refractivity contribution is 5.74. The molecule has 0 aromatic carbocycles. The minimum atomic E-state index is -0.223. The van der Waals surface area contributed by atoms with E-state index in [4.69, 9.17) is 5.73 Å². The molecule has 2 N–H and O–H groups in total. The molecule has 0 aromatic rings. The number of rotatable bonds is 5. The molecule has 64 valence electrons. The van der Waals surface area contributed by atoms with Gasteiger partial charge in [0.15, 0.2) is 0 Å². The predicted octanol–water partition coefficient (Wildman–Crippen LogP) is 1.85. The van der Waals surface area contributed by atoms with Crippen molar-refractivity contribution in [3.8, 4) is 0 Å². The summed E-state index contributed by atoms with van der Waals surface area (Å²) in [4.78, 5) is 10.6. The van der Waals surface area contributed by atoms with E-state index in [0.717, 1.165) is 12.8 Å². The Kier molecular flexibility index (Phi) is 3.86. The smallest absolute Gasteiger partial charge is 0.217 e. The SMILES string of the molecule is C=CCCC(C)(C)CC(N)=O. The van der Waals surface area contributed by atoms with E-state index in [0.29, 0.717) is 6.42 Å². The second-order valence-electron chi connectivity index (χ2n) is 3.63. The number of hydrogen-bond acceptors (Lipinski definition) is 1. The fourth-order valence-corrected chi connectivity index (χ4v) is 1.05. The van der Waals surface area contributed by atoms with Crippen molar-refractivity contribution in [2.45, 2.75) is 33.1 Å². The van der Waals surface area contributed by atoms with E-state index in [9.17, 15) is 4.79 Å². The van der Waals surface area contributed by atoms with Crippen LogP contribution in [-0.2, 0) is 4.79 Å². The Bertz CT molecular complexity index is 150. The first-order valence-electron chi connectivity index (χ1n) is 3.87. The molecule has 0 saturated carbocycles. The van der Waals surface area contributed by atoms with Gasteiger partial charge in [-0.25, -0.2) is 0 Å². The normalized spacial score (nSPS) is 11.1. The van der Waals surface area contributed by atoms with E-state index in [1.807, 2.05) is 19.9 Å². The van der Waals surface area contributed by atoms with Crippen molar-refractivity contribution in [1.29, 1.82) is 0 Å². The molecule has 2 nitrogen and oxygen atoms in total. The van der Waals surface area contributed by atoms with Gasteiger partial charge in [-0.05, 0) is 18.3 Å². The van der Waals surface area contributed by atoms with Crippen LogP contribution in [0.1, 0.15) is 33.1 Å². The van der Waals surface area contributed by atoms with Crippen LogP contribution in [0.3, 0.4) is 0 Å². The molecule has 0 rings (SSSR count). The molecule has 0 bridgehead atoms.